The topological polar surface area (TPSA) is 81.7 Å². The number of rotatable bonds is 10. The Kier molecular flexibility index (Phi) is 7.37. The van der Waals surface area contributed by atoms with E-state index in [0.29, 0.717) is 24.9 Å². The van der Waals surface area contributed by atoms with Gasteiger partial charge in [0.15, 0.2) is 12.6 Å². The number of carbonyl (C=O) groups is 1. The summed E-state index contributed by atoms with van der Waals surface area (Å²) in [6, 6.07) is 11.4. The van der Waals surface area contributed by atoms with Gasteiger partial charge < -0.3 is 19.4 Å². The molecule has 2 heterocycles. The van der Waals surface area contributed by atoms with Gasteiger partial charge in [0.2, 0.25) is 0 Å². The van der Waals surface area contributed by atoms with E-state index in [1.54, 1.807) is 18.4 Å². The Morgan fingerprint density at radius 2 is 2.07 bits per heavy atom. The lowest BCUT2D eigenvalue weighted by Crippen LogP contribution is -3.15. The monoisotopic (exact) mass is 415 g/mol. The second kappa shape index (κ2) is 10.2. The lowest BCUT2D eigenvalue weighted by atomic mass is 10.2. The van der Waals surface area contributed by atoms with E-state index in [9.17, 15) is 4.79 Å². The van der Waals surface area contributed by atoms with Gasteiger partial charge in [-0.1, -0.05) is 25.1 Å². The number of nitrogens with zero attached hydrogens (tertiary/aromatic N) is 2. The molecule has 0 fully saturated rings. The summed E-state index contributed by atoms with van der Waals surface area (Å²) < 4.78 is 11.0. The van der Waals surface area contributed by atoms with Crippen LogP contribution in [0.3, 0.4) is 0 Å². The SMILES string of the molecule is CCC[NH+](Cc1nnc(-c2cccs2)o1)[C@H](C)C(=O)NCc1ccc(OC)cc1. The molecule has 0 bridgehead atoms. The molecule has 2 atom stereocenters. The summed E-state index contributed by atoms with van der Waals surface area (Å²) in [5, 5.41) is 13.3. The van der Waals surface area contributed by atoms with Crippen molar-refractivity contribution in [2.75, 3.05) is 13.7 Å². The van der Waals surface area contributed by atoms with Crippen molar-refractivity contribution in [2.24, 2.45) is 0 Å². The number of aromatic nitrogens is 2. The van der Waals surface area contributed by atoms with Crippen molar-refractivity contribution in [3.05, 3.63) is 53.2 Å². The lowest BCUT2D eigenvalue weighted by molar-refractivity contribution is -0.929. The standard InChI is InChI=1S/C21H26N4O3S/c1-4-11-25(14-19-23-24-21(28-19)18-6-5-12-29-18)15(2)20(26)22-13-16-7-9-17(27-3)10-8-16/h5-10,12,15H,4,11,13-14H2,1-3H3,(H,22,26)/p+1/t15-/m1/s1. The van der Waals surface area contributed by atoms with Crippen LogP contribution in [0.4, 0.5) is 0 Å². The molecule has 0 radical (unpaired) electrons. The number of ether oxygens (including phenoxy) is 1. The average Bonchev–Trinajstić information content (AvgIpc) is 3.43. The maximum absolute atomic E-state index is 12.7. The van der Waals surface area contributed by atoms with Gasteiger partial charge in [-0.25, -0.2) is 0 Å². The molecule has 2 N–H and O–H groups in total. The predicted octanol–water partition coefficient (Wildman–Crippen LogP) is 2.31. The molecule has 1 unspecified atom stereocenters. The third-order valence-electron chi connectivity index (χ3n) is 4.78. The second-order valence-electron chi connectivity index (χ2n) is 6.85. The summed E-state index contributed by atoms with van der Waals surface area (Å²) in [5.41, 5.74) is 1.03. The summed E-state index contributed by atoms with van der Waals surface area (Å²) in [6.45, 7) is 5.88. The number of quaternary nitrogens is 1. The highest BCUT2D eigenvalue weighted by molar-refractivity contribution is 7.13. The number of hydrogen-bond donors (Lipinski definition) is 2. The van der Waals surface area contributed by atoms with E-state index < -0.39 is 0 Å². The molecule has 0 spiro atoms. The van der Waals surface area contributed by atoms with Crippen LogP contribution in [0.2, 0.25) is 0 Å². The average molecular weight is 416 g/mol. The molecular weight excluding hydrogens is 388 g/mol. The quantitative estimate of drug-likeness (QED) is 0.531. The summed E-state index contributed by atoms with van der Waals surface area (Å²) >= 11 is 1.56. The molecule has 29 heavy (non-hydrogen) atoms. The summed E-state index contributed by atoms with van der Waals surface area (Å²) in [7, 11) is 1.64. The zero-order valence-electron chi connectivity index (χ0n) is 17.0. The minimum atomic E-state index is -0.231. The fourth-order valence-electron chi connectivity index (χ4n) is 3.07. The zero-order valence-corrected chi connectivity index (χ0v) is 17.8. The first-order valence-electron chi connectivity index (χ1n) is 9.72. The molecule has 7 nitrogen and oxygen atoms in total. The van der Waals surface area contributed by atoms with E-state index >= 15 is 0 Å². The highest BCUT2D eigenvalue weighted by atomic mass is 32.1. The summed E-state index contributed by atoms with van der Waals surface area (Å²) in [4.78, 5) is 14.8. The maximum atomic E-state index is 12.7. The van der Waals surface area contributed by atoms with E-state index in [4.69, 9.17) is 9.15 Å². The van der Waals surface area contributed by atoms with Gasteiger partial charge in [0.25, 0.3) is 17.7 Å². The van der Waals surface area contributed by atoms with Crippen LogP contribution in [0.1, 0.15) is 31.7 Å². The molecule has 154 valence electrons. The van der Waals surface area contributed by atoms with Gasteiger partial charge in [0, 0.05) is 6.54 Å². The smallest absolute Gasteiger partial charge is 0.278 e. The van der Waals surface area contributed by atoms with Gasteiger partial charge >= 0.3 is 0 Å². The lowest BCUT2D eigenvalue weighted by Gasteiger charge is -2.23. The molecular formula is C21H27N4O3S+. The molecule has 0 saturated carbocycles. The molecule has 0 saturated heterocycles. The van der Waals surface area contributed by atoms with Gasteiger partial charge in [-0.3, -0.25) is 4.79 Å². The minimum absolute atomic E-state index is 0.00210. The van der Waals surface area contributed by atoms with Crippen LogP contribution in [0, 0.1) is 0 Å². The van der Waals surface area contributed by atoms with E-state index in [0.717, 1.165) is 34.1 Å². The third kappa shape index (κ3) is 5.65. The molecule has 1 amide bonds. The Balaban J connectivity index is 1.59. The van der Waals surface area contributed by atoms with Crippen molar-refractivity contribution in [3.63, 3.8) is 0 Å². The van der Waals surface area contributed by atoms with Crippen LogP contribution in [0.15, 0.2) is 46.2 Å². The fraction of sp³-hybridized carbons (Fsp3) is 0.381. The van der Waals surface area contributed by atoms with Crippen molar-refractivity contribution in [2.45, 2.75) is 39.4 Å². The van der Waals surface area contributed by atoms with Gasteiger partial charge in [0.1, 0.15) is 5.75 Å². The normalized spacial score (nSPS) is 13.1. The maximum Gasteiger partial charge on any atom is 0.278 e. The molecule has 2 aromatic heterocycles. The third-order valence-corrected chi connectivity index (χ3v) is 5.64. The summed E-state index contributed by atoms with van der Waals surface area (Å²) in [5.74, 6) is 1.88. The first-order chi connectivity index (χ1) is 14.1. The van der Waals surface area contributed by atoms with Gasteiger partial charge in [0.05, 0.1) is 18.5 Å². The van der Waals surface area contributed by atoms with Crippen molar-refractivity contribution >= 4 is 17.2 Å². The van der Waals surface area contributed by atoms with Crippen molar-refractivity contribution in [1.82, 2.24) is 15.5 Å². The molecule has 0 aliphatic rings. The van der Waals surface area contributed by atoms with Crippen LogP contribution in [-0.4, -0.2) is 35.8 Å². The summed E-state index contributed by atoms with van der Waals surface area (Å²) in [6.07, 6.45) is 0.956. The van der Waals surface area contributed by atoms with Gasteiger partial charge in [-0.05, 0) is 42.5 Å². The van der Waals surface area contributed by atoms with Crippen LogP contribution in [0.5, 0.6) is 5.75 Å². The number of benzene rings is 1. The number of methoxy groups -OCH3 is 1. The van der Waals surface area contributed by atoms with Crippen LogP contribution in [0.25, 0.3) is 10.8 Å². The molecule has 3 rings (SSSR count). The Labute approximate surface area is 174 Å². The molecule has 3 aromatic rings. The van der Waals surface area contributed by atoms with Crippen molar-refractivity contribution in [3.8, 4) is 16.5 Å². The van der Waals surface area contributed by atoms with Crippen molar-refractivity contribution < 1.29 is 18.8 Å². The Morgan fingerprint density at radius 1 is 1.28 bits per heavy atom. The zero-order chi connectivity index (χ0) is 20.6. The van der Waals surface area contributed by atoms with E-state index in [-0.39, 0.29) is 11.9 Å². The predicted molar refractivity (Wildman–Crippen MR) is 112 cm³/mol. The van der Waals surface area contributed by atoms with Gasteiger partial charge in [-0.15, -0.1) is 21.5 Å². The fourth-order valence-corrected chi connectivity index (χ4v) is 3.71. The van der Waals surface area contributed by atoms with E-state index in [1.807, 2.05) is 48.7 Å². The highest BCUT2D eigenvalue weighted by Gasteiger charge is 2.26. The number of carbonyl (C=O) groups excluding carboxylic acids is 1. The number of amides is 1. The molecule has 0 aliphatic carbocycles. The van der Waals surface area contributed by atoms with Crippen LogP contribution in [-0.2, 0) is 17.9 Å². The minimum Gasteiger partial charge on any atom is -0.497 e. The first kappa shape index (κ1) is 21.0. The Hall–Kier alpha value is -2.71. The number of thiophene rings is 1. The number of nitrogens with one attached hydrogen (secondary N) is 2. The highest BCUT2D eigenvalue weighted by Crippen LogP contribution is 2.22. The largest absolute Gasteiger partial charge is 0.497 e. The molecule has 1 aromatic carbocycles. The second-order valence-corrected chi connectivity index (χ2v) is 7.80. The Bertz CT molecular complexity index is 893. The number of hydrogen-bond acceptors (Lipinski definition) is 6. The molecule has 0 aliphatic heterocycles. The van der Waals surface area contributed by atoms with Gasteiger partial charge in [-0.2, -0.15) is 0 Å². The van der Waals surface area contributed by atoms with Crippen LogP contribution < -0.4 is 15.0 Å². The molecule has 8 heteroatoms. The van der Waals surface area contributed by atoms with E-state index in [1.165, 1.54) is 0 Å². The van der Waals surface area contributed by atoms with E-state index in [2.05, 4.69) is 22.4 Å². The van der Waals surface area contributed by atoms with Crippen molar-refractivity contribution in [1.29, 1.82) is 0 Å². The first-order valence-corrected chi connectivity index (χ1v) is 10.6. The Morgan fingerprint density at radius 3 is 2.72 bits per heavy atom. The van der Waals surface area contributed by atoms with Crippen LogP contribution >= 0.6 is 11.3 Å².